The Labute approximate surface area is 87.0 Å². The lowest BCUT2D eigenvalue weighted by Crippen LogP contribution is -2.25. The molecule has 0 saturated carbocycles. The molecule has 1 spiro atoms. The number of rotatable bonds is 0. The van der Waals surface area contributed by atoms with Gasteiger partial charge in [0.05, 0.1) is 19.6 Å². The van der Waals surface area contributed by atoms with Crippen LogP contribution in [0.25, 0.3) is 0 Å². The predicted molar refractivity (Wildman–Crippen MR) is 53.4 cm³/mol. The average Bonchev–Trinajstić information content (AvgIpc) is 2.76. The Morgan fingerprint density at radius 2 is 2.00 bits per heavy atom. The van der Waals surface area contributed by atoms with Crippen LogP contribution in [0.3, 0.4) is 0 Å². The van der Waals surface area contributed by atoms with Crippen LogP contribution >= 0.6 is 0 Å². The summed E-state index contributed by atoms with van der Waals surface area (Å²) in [4.78, 5) is 11.8. The Morgan fingerprint density at radius 3 is 2.73 bits per heavy atom. The van der Waals surface area contributed by atoms with Crippen LogP contribution in [0.5, 0.6) is 0 Å². The van der Waals surface area contributed by atoms with Crippen molar-refractivity contribution in [2.75, 3.05) is 18.9 Å². The number of nitrogens with two attached hydrogens (primary N) is 1. The molecular weight excluding hydrogens is 194 g/mol. The van der Waals surface area contributed by atoms with E-state index >= 15 is 0 Å². The largest absolute Gasteiger partial charge is 0.398 e. The molecule has 1 aliphatic heterocycles. The number of ketones is 1. The Balaban J connectivity index is 2.23. The van der Waals surface area contributed by atoms with E-state index in [2.05, 4.69) is 0 Å². The molecule has 0 unspecified atom stereocenters. The van der Waals surface area contributed by atoms with Crippen LogP contribution in [0.1, 0.15) is 22.3 Å². The zero-order valence-electron chi connectivity index (χ0n) is 8.16. The van der Waals surface area contributed by atoms with E-state index in [0.717, 1.165) is 0 Å². The first-order valence-electron chi connectivity index (χ1n) is 4.93. The molecule has 0 amide bonds. The number of benzene rings is 1. The normalized spacial score (nSPS) is 22.3. The molecular formula is C11H11NO3. The second-order valence-corrected chi connectivity index (χ2v) is 3.82. The standard InChI is InChI=1S/C11H11NO3/c12-8-3-1-2-7-9(13)6-11(10(7)8)14-4-5-15-11/h1-3H,4-6,12H2. The van der Waals surface area contributed by atoms with Crippen molar-refractivity contribution in [1.29, 1.82) is 0 Å². The molecule has 2 aliphatic rings. The topological polar surface area (TPSA) is 61.6 Å². The molecule has 1 fully saturated rings. The molecule has 4 nitrogen and oxygen atoms in total. The minimum Gasteiger partial charge on any atom is -0.398 e. The summed E-state index contributed by atoms with van der Waals surface area (Å²) in [5, 5.41) is 0. The summed E-state index contributed by atoms with van der Waals surface area (Å²) in [6.45, 7) is 1.03. The summed E-state index contributed by atoms with van der Waals surface area (Å²) in [6.07, 6.45) is 0.247. The van der Waals surface area contributed by atoms with Crippen LogP contribution in [0.4, 0.5) is 5.69 Å². The number of carbonyl (C=O) groups excluding carboxylic acids is 1. The molecule has 0 atom stereocenters. The van der Waals surface area contributed by atoms with Crippen molar-refractivity contribution in [2.45, 2.75) is 12.2 Å². The highest BCUT2D eigenvalue weighted by Gasteiger charge is 2.49. The van der Waals surface area contributed by atoms with Gasteiger partial charge in [0.1, 0.15) is 0 Å². The summed E-state index contributed by atoms with van der Waals surface area (Å²) in [7, 11) is 0. The summed E-state index contributed by atoms with van der Waals surface area (Å²) < 4.78 is 11.1. The van der Waals surface area contributed by atoms with Crippen molar-refractivity contribution >= 4 is 11.5 Å². The lowest BCUT2D eigenvalue weighted by Gasteiger charge is -2.22. The average molecular weight is 205 g/mol. The Hall–Kier alpha value is -1.39. The fraction of sp³-hybridized carbons (Fsp3) is 0.364. The van der Waals surface area contributed by atoms with Gasteiger partial charge in [-0.3, -0.25) is 4.79 Å². The SMILES string of the molecule is Nc1cccc2c1C1(CC2=O)OCCO1. The van der Waals surface area contributed by atoms with E-state index in [1.165, 1.54) is 0 Å². The Bertz CT molecular complexity index is 435. The van der Waals surface area contributed by atoms with Gasteiger partial charge in [-0.15, -0.1) is 0 Å². The second kappa shape index (κ2) is 2.81. The third-order valence-electron chi connectivity index (χ3n) is 2.93. The second-order valence-electron chi connectivity index (χ2n) is 3.82. The molecule has 3 rings (SSSR count). The number of ether oxygens (including phenoxy) is 2. The third kappa shape index (κ3) is 1.06. The van der Waals surface area contributed by atoms with Crippen molar-refractivity contribution in [1.82, 2.24) is 0 Å². The fourth-order valence-electron chi connectivity index (χ4n) is 2.32. The maximum absolute atomic E-state index is 11.8. The molecule has 1 aromatic carbocycles. The van der Waals surface area contributed by atoms with Crippen LogP contribution in [-0.4, -0.2) is 19.0 Å². The number of Topliss-reactive ketones (excluding diaryl/α,β-unsaturated/α-hetero) is 1. The molecule has 15 heavy (non-hydrogen) atoms. The molecule has 4 heteroatoms. The van der Waals surface area contributed by atoms with Crippen LogP contribution in [0.15, 0.2) is 18.2 Å². The zero-order valence-corrected chi connectivity index (χ0v) is 8.16. The smallest absolute Gasteiger partial charge is 0.205 e. The van der Waals surface area contributed by atoms with Crippen molar-refractivity contribution in [3.63, 3.8) is 0 Å². The number of nitrogen functional groups attached to an aromatic ring is 1. The van der Waals surface area contributed by atoms with E-state index in [0.29, 0.717) is 30.0 Å². The zero-order chi connectivity index (χ0) is 10.5. The first-order valence-corrected chi connectivity index (χ1v) is 4.93. The van der Waals surface area contributed by atoms with Gasteiger partial charge in [0.2, 0.25) is 5.79 Å². The monoisotopic (exact) mass is 205 g/mol. The van der Waals surface area contributed by atoms with Crippen LogP contribution < -0.4 is 5.73 Å². The van der Waals surface area contributed by atoms with E-state index in [1.54, 1.807) is 18.2 Å². The van der Waals surface area contributed by atoms with Gasteiger partial charge in [0.25, 0.3) is 0 Å². The lowest BCUT2D eigenvalue weighted by molar-refractivity contribution is -0.157. The summed E-state index contributed by atoms with van der Waals surface area (Å²) in [6, 6.07) is 5.32. The molecule has 0 radical (unpaired) electrons. The molecule has 1 aromatic rings. The van der Waals surface area contributed by atoms with Crippen LogP contribution in [-0.2, 0) is 15.3 Å². The summed E-state index contributed by atoms with van der Waals surface area (Å²) in [5.41, 5.74) is 7.80. The minimum absolute atomic E-state index is 0.0409. The van der Waals surface area contributed by atoms with E-state index in [1.807, 2.05) is 0 Å². The van der Waals surface area contributed by atoms with Crippen molar-refractivity contribution in [3.05, 3.63) is 29.3 Å². The van der Waals surface area contributed by atoms with E-state index in [9.17, 15) is 4.79 Å². The molecule has 1 aliphatic carbocycles. The van der Waals surface area contributed by atoms with Gasteiger partial charge < -0.3 is 15.2 Å². The number of hydrogen-bond donors (Lipinski definition) is 1. The number of carbonyl (C=O) groups is 1. The number of fused-ring (bicyclic) bond motifs is 2. The van der Waals surface area contributed by atoms with Gasteiger partial charge >= 0.3 is 0 Å². The fourth-order valence-corrected chi connectivity index (χ4v) is 2.32. The maximum atomic E-state index is 11.8. The Morgan fingerprint density at radius 1 is 1.27 bits per heavy atom. The van der Waals surface area contributed by atoms with Gasteiger partial charge in [-0.1, -0.05) is 12.1 Å². The molecule has 0 aromatic heterocycles. The lowest BCUT2D eigenvalue weighted by atomic mass is 10.1. The minimum atomic E-state index is -0.891. The molecule has 78 valence electrons. The van der Waals surface area contributed by atoms with Crippen LogP contribution in [0.2, 0.25) is 0 Å². The highest BCUT2D eigenvalue weighted by Crippen LogP contribution is 2.45. The van der Waals surface area contributed by atoms with Crippen LogP contribution in [0, 0.1) is 0 Å². The van der Waals surface area contributed by atoms with Crippen molar-refractivity contribution in [3.8, 4) is 0 Å². The highest BCUT2D eigenvalue weighted by atomic mass is 16.7. The number of anilines is 1. The number of hydrogen-bond acceptors (Lipinski definition) is 4. The predicted octanol–water partition coefficient (Wildman–Crippen LogP) is 1.05. The summed E-state index contributed by atoms with van der Waals surface area (Å²) in [5.74, 6) is -0.850. The molecule has 1 heterocycles. The first-order chi connectivity index (χ1) is 7.23. The van der Waals surface area contributed by atoms with Gasteiger partial charge in [-0.2, -0.15) is 0 Å². The third-order valence-corrected chi connectivity index (χ3v) is 2.93. The van der Waals surface area contributed by atoms with E-state index < -0.39 is 5.79 Å². The van der Waals surface area contributed by atoms with E-state index in [4.69, 9.17) is 15.2 Å². The van der Waals surface area contributed by atoms with Crippen molar-refractivity contribution < 1.29 is 14.3 Å². The quantitative estimate of drug-likeness (QED) is 0.643. The summed E-state index contributed by atoms with van der Waals surface area (Å²) >= 11 is 0. The van der Waals surface area contributed by atoms with Gasteiger partial charge in [0.15, 0.2) is 5.78 Å². The molecule has 0 bridgehead atoms. The first kappa shape index (κ1) is 8.88. The van der Waals surface area contributed by atoms with Gasteiger partial charge in [0, 0.05) is 16.8 Å². The van der Waals surface area contributed by atoms with Gasteiger partial charge in [-0.05, 0) is 6.07 Å². The van der Waals surface area contributed by atoms with Gasteiger partial charge in [-0.25, -0.2) is 0 Å². The maximum Gasteiger partial charge on any atom is 0.205 e. The van der Waals surface area contributed by atoms with Crippen molar-refractivity contribution in [2.24, 2.45) is 0 Å². The Kier molecular flexibility index (Phi) is 1.66. The molecule has 1 saturated heterocycles. The molecule has 2 N–H and O–H groups in total. The highest BCUT2D eigenvalue weighted by molar-refractivity contribution is 6.03. The van der Waals surface area contributed by atoms with E-state index in [-0.39, 0.29) is 12.2 Å².